The number of carbonyl (C=O) groups excluding carboxylic acids is 2. The van der Waals surface area contributed by atoms with Crippen molar-refractivity contribution in [2.45, 2.75) is 96.4 Å². The number of hydrogen-bond donors (Lipinski definition) is 3. The number of hydrogen-bond acceptors (Lipinski definition) is 7. The highest BCUT2D eigenvalue weighted by Gasteiger charge is 2.41. The third kappa shape index (κ3) is 9.59. The van der Waals surface area contributed by atoms with Crippen molar-refractivity contribution in [3.8, 4) is 0 Å². The summed E-state index contributed by atoms with van der Waals surface area (Å²) in [4.78, 5) is 29.0. The first-order valence-electron chi connectivity index (χ1n) is 17.0. The molecule has 2 aromatic rings. The largest absolute Gasteiger partial charge is 0.392 e. The number of amides is 2. The summed E-state index contributed by atoms with van der Waals surface area (Å²) in [5.74, 6) is 0.0781. The van der Waals surface area contributed by atoms with E-state index in [1.807, 2.05) is 36.4 Å². The standard InChI is InChI=1S/C36H52N4O5/c1-26-33(24-40-21-9-12-32(40)23-39-19-6-7-20-39)44-36(45-35(26)29-16-14-28(25-41)15-17-29)30-10-8-11-31(22-30)38-34(43)13-4-3-5-18-37-27(2)42/h8,10-11,14-17,22,26,32-33,35-36,41H,3-7,9,12-13,18-21,23-25H2,1-2H3,(H,37,42)(H,38,43)/t26-,32-,33+,35+,36+/m0/s1. The average Bonchev–Trinajstić information content (AvgIpc) is 3.72. The molecule has 5 atom stereocenters. The molecule has 3 fully saturated rings. The molecule has 3 saturated heterocycles. The summed E-state index contributed by atoms with van der Waals surface area (Å²) in [6.07, 6.45) is 7.26. The van der Waals surface area contributed by atoms with Crippen molar-refractivity contribution < 1.29 is 24.2 Å². The minimum absolute atomic E-state index is 0.0126. The van der Waals surface area contributed by atoms with Crippen LogP contribution in [0.15, 0.2) is 48.5 Å². The lowest BCUT2D eigenvalue weighted by molar-refractivity contribution is -0.276. The number of ether oxygens (including phenoxy) is 2. The maximum absolute atomic E-state index is 12.7. The predicted molar refractivity (Wildman–Crippen MR) is 175 cm³/mol. The summed E-state index contributed by atoms with van der Waals surface area (Å²) in [5.41, 5.74) is 3.57. The van der Waals surface area contributed by atoms with E-state index in [0.29, 0.717) is 19.0 Å². The van der Waals surface area contributed by atoms with Crippen LogP contribution >= 0.6 is 0 Å². The zero-order chi connectivity index (χ0) is 31.6. The number of carbonyl (C=O) groups is 2. The van der Waals surface area contributed by atoms with Crippen molar-refractivity contribution in [1.29, 1.82) is 0 Å². The lowest BCUT2D eigenvalue weighted by Gasteiger charge is -2.43. The first-order chi connectivity index (χ1) is 21.9. The highest BCUT2D eigenvalue weighted by molar-refractivity contribution is 5.90. The third-order valence-corrected chi connectivity index (χ3v) is 9.60. The van der Waals surface area contributed by atoms with Gasteiger partial charge in [-0.25, -0.2) is 0 Å². The normalized spacial score (nSPS) is 25.8. The van der Waals surface area contributed by atoms with Crippen molar-refractivity contribution in [2.24, 2.45) is 5.92 Å². The van der Waals surface area contributed by atoms with Crippen molar-refractivity contribution in [1.82, 2.24) is 15.1 Å². The van der Waals surface area contributed by atoms with Gasteiger partial charge >= 0.3 is 0 Å². The van der Waals surface area contributed by atoms with Gasteiger partial charge in [0.2, 0.25) is 11.8 Å². The van der Waals surface area contributed by atoms with Crippen molar-refractivity contribution >= 4 is 17.5 Å². The third-order valence-electron chi connectivity index (χ3n) is 9.60. The smallest absolute Gasteiger partial charge is 0.224 e. The van der Waals surface area contributed by atoms with E-state index >= 15 is 0 Å². The van der Waals surface area contributed by atoms with E-state index < -0.39 is 6.29 Å². The molecule has 0 aliphatic carbocycles. The van der Waals surface area contributed by atoms with Gasteiger partial charge in [-0.1, -0.05) is 49.7 Å². The zero-order valence-electron chi connectivity index (χ0n) is 27.1. The molecule has 9 heteroatoms. The first kappa shape index (κ1) is 33.5. The molecule has 45 heavy (non-hydrogen) atoms. The summed E-state index contributed by atoms with van der Waals surface area (Å²) < 4.78 is 13.5. The number of nitrogens with one attached hydrogen (secondary N) is 2. The van der Waals surface area contributed by atoms with Crippen molar-refractivity contribution in [3.05, 3.63) is 65.2 Å². The van der Waals surface area contributed by atoms with Gasteiger partial charge in [-0.05, 0) is 81.4 Å². The van der Waals surface area contributed by atoms with Crippen LogP contribution in [0.3, 0.4) is 0 Å². The Morgan fingerprint density at radius 1 is 0.933 bits per heavy atom. The maximum atomic E-state index is 12.7. The molecule has 9 nitrogen and oxygen atoms in total. The first-order valence-corrected chi connectivity index (χ1v) is 17.0. The quantitative estimate of drug-likeness (QED) is 0.251. The second kappa shape index (κ2) is 16.7. The molecule has 2 aromatic carbocycles. The zero-order valence-corrected chi connectivity index (χ0v) is 27.1. The van der Waals surface area contributed by atoms with Crippen LogP contribution in [0.25, 0.3) is 0 Å². The molecule has 3 heterocycles. The van der Waals surface area contributed by atoms with Crippen LogP contribution in [0.2, 0.25) is 0 Å². The van der Waals surface area contributed by atoms with Gasteiger partial charge in [-0.15, -0.1) is 0 Å². The number of aliphatic hydroxyl groups excluding tert-OH is 1. The van der Waals surface area contributed by atoms with Crippen LogP contribution in [-0.2, 0) is 25.7 Å². The van der Waals surface area contributed by atoms with E-state index in [4.69, 9.17) is 9.47 Å². The topological polar surface area (TPSA) is 103 Å². The second-order valence-corrected chi connectivity index (χ2v) is 13.1. The Hall–Kier alpha value is -2.82. The minimum Gasteiger partial charge on any atom is -0.392 e. The fraction of sp³-hybridized carbons (Fsp3) is 0.611. The van der Waals surface area contributed by atoms with Gasteiger partial charge in [-0.2, -0.15) is 0 Å². The lowest BCUT2D eigenvalue weighted by Crippen LogP contribution is -2.48. The molecule has 3 aliphatic heterocycles. The Morgan fingerprint density at radius 3 is 2.49 bits per heavy atom. The molecule has 0 spiro atoms. The molecule has 0 unspecified atom stereocenters. The van der Waals surface area contributed by atoms with Crippen LogP contribution in [0, 0.1) is 5.92 Å². The number of unbranched alkanes of at least 4 members (excludes halogenated alkanes) is 2. The van der Waals surface area contributed by atoms with Gasteiger partial charge in [0.15, 0.2) is 6.29 Å². The van der Waals surface area contributed by atoms with E-state index in [-0.39, 0.29) is 36.5 Å². The second-order valence-electron chi connectivity index (χ2n) is 13.1. The number of rotatable bonds is 14. The Morgan fingerprint density at radius 2 is 1.73 bits per heavy atom. The Balaban J connectivity index is 1.26. The molecule has 0 aromatic heterocycles. The number of likely N-dealkylation sites (tertiary alicyclic amines) is 2. The number of anilines is 1. The monoisotopic (exact) mass is 620 g/mol. The van der Waals surface area contributed by atoms with Crippen LogP contribution in [0.1, 0.15) is 94.3 Å². The highest BCUT2D eigenvalue weighted by atomic mass is 16.7. The SMILES string of the molecule is CC(=O)NCCCCCC(=O)Nc1cccc([C@@H]2O[C@H](CN3CCC[C@H]3CN3CCCC3)[C@H](C)[C@H](c3ccc(CO)cc3)O2)c1. The van der Waals surface area contributed by atoms with Gasteiger partial charge in [-0.3, -0.25) is 14.5 Å². The fourth-order valence-electron chi connectivity index (χ4n) is 7.00. The van der Waals surface area contributed by atoms with Crippen LogP contribution < -0.4 is 10.6 Å². The summed E-state index contributed by atoms with van der Waals surface area (Å²) in [7, 11) is 0. The predicted octanol–water partition coefficient (Wildman–Crippen LogP) is 5.17. The molecule has 246 valence electrons. The van der Waals surface area contributed by atoms with Crippen molar-refractivity contribution in [3.63, 3.8) is 0 Å². The Labute approximate surface area is 268 Å². The van der Waals surface area contributed by atoms with E-state index in [0.717, 1.165) is 61.3 Å². The van der Waals surface area contributed by atoms with Gasteiger partial charge < -0.3 is 30.1 Å². The highest BCUT2D eigenvalue weighted by Crippen LogP contribution is 2.42. The molecule has 0 bridgehead atoms. The summed E-state index contributed by atoms with van der Waals surface area (Å²) in [6.45, 7) is 9.93. The fourth-order valence-corrected chi connectivity index (χ4v) is 7.00. The molecule has 0 radical (unpaired) electrons. The van der Waals surface area contributed by atoms with Gasteiger partial charge in [0.25, 0.3) is 0 Å². The maximum Gasteiger partial charge on any atom is 0.224 e. The van der Waals surface area contributed by atoms with Gasteiger partial charge in [0.1, 0.15) is 0 Å². The number of benzene rings is 2. The van der Waals surface area contributed by atoms with Gasteiger partial charge in [0, 0.05) is 56.2 Å². The average molecular weight is 621 g/mol. The number of aliphatic hydroxyl groups is 1. The van der Waals surface area contributed by atoms with Crippen LogP contribution in [0.4, 0.5) is 5.69 Å². The molecule has 3 N–H and O–H groups in total. The Kier molecular flexibility index (Phi) is 12.4. The summed E-state index contributed by atoms with van der Waals surface area (Å²) in [5, 5.41) is 15.4. The van der Waals surface area contributed by atoms with E-state index in [1.54, 1.807) is 0 Å². The summed E-state index contributed by atoms with van der Waals surface area (Å²) in [6, 6.07) is 16.4. The molecule has 0 saturated carbocycles. The van der Waals surface area contributed by atoms with Crippen LogP contribution in [-0.4, -0.2) is 78.1 Å². The van der Waals surface area contributed by atoms with E-state index in [2.05, 4.69) is 39.5 Å². The molecule has 2 amide bonds. The Bertz CT molecular complexity index is 1230. The number of nitrogens with zero attached hydrogens (tertiary/aromatic N) is 2. The molecule has 5 rings (SSSR count). The van der Waals surface area contributed by atoms with Crippen molar-refractivity contribution in [2.75, 3.05) is 44.6 Å². The minimum atomic E-state index is -0.570. The molecule has 3 aliphatic rings. The van der Waals surface area contributed by atoms with E-state index in [9.17, 15) is 14.7 Å². The van der Waals surface area contributed by atoms with Crippen LogP contribution in [0.5, 0.6) is 0 Å². The summed E-state index contributed by atoms with van der Waals surface area (Å²) >= 11 is 0. The lowest BCUT2D eigenvalue weighted by atomic mass is 9.90. The molecular formula is C36H52N4O5. The van der Waals surface area contributed by atoms with E-state index in [1.165, 1.54) is 45.7 Å². The molecular weight excluding hydrogens is 568 g/mol. The van der Waals surface area contributed by atoms with Gasteiger partial charge in [0.05, 0.1) is 18.8 Å².